The van der Waals surface area contributed by atoms with Crippen LogP contribution in [-0.2, 0) is 19.1 Å². The van der Waals surface area contributed by atoms with Crippen LogP contribution >= 0.6 is 0 Å². The first-order valence-corrected chi connectivity index (χ1v) is 16.8. The molecule has 1 aliphatic rings. The highest BCUT2D eigenvalue weighted by atomic mass is 19.2. The minimum Gasteiger partial charge on any atom is -0.396 e. The van der Waals surface area contributed by atoms with Gasteiger partial charge in [0.1, 0.15) is 23.8 Å². The van der Waals surface area contributed by atoms with Crippen molar-refractivity contribution in [2.24, 2.45) is 22.7 Å². The molecule has 0 bridgehead atoms. The van der Waals surface area contributed by atoms with Crippen LogP contribution in [0.3, 0.4) is 0 Å². The Morgan fingerprint density at radius 3 is 1.61 bits per heavy atom. The van der Waals surface area contributed by atoms with Crippen molar-refractivity contribution in [1.82, 2.24) is 10.6 Å². The van der Waals surface area contributed by atoms with Gasteiger partial charge in [0, 0.05) is 48.9 Å². The molecule has 0 saturated carbocycles. The zero-order valence-electron chi connectivity index (χ0n) is 31.0. The molecule has 54 heavy (non-hydrogen) atoms. The molecule has 2 aromatic rings. The molecule has 0 unspecified atom stereocenters. The fourth-order valence-corrected chi connectivity index (χ4v) is 4.97. The maximum atomic E-state index is 13.7. The van der Waals surface area contributed by atoms with Crippen LogP contribution in [0.1, 0.15) is 96.4 Å². The summed E-state index contributed by atoms with van der Waals surface area (Å²) in [6.07, 6.45) is -2.51. The van der Waals surface area contributed by atoms with Crippen LogP contribution in [0, 0.1) is 57.6 Å². The van der Waals surface area contributed by atoms with Gasteiger partial charge in [-0.3, -0.25) is 19.2 Å². The lowest BCUT2D eigenvalue weighted by atomic mass is 9.85. The summed E-state index contributed by atoms with van der Waals surface area (Å²) < 4.78 is 90.9. The van der Waals surface area contributed by atoms with E-state index >= 15 is 0 Å². The van der Waals surface area contributed by atoms with Crippen molar-refractivity contribution in [2.75, 3.05) is 26.3 Å². The number of ketones is 2. The van der Waals surface area contributed by atoms with Crippen molar-refractivity contribution in [3.63, 3.8) is 0 Å². The molecule has 1 fully saturated rings. The molecule has 4 atom stereocenters. The molecule has 0 radical (unpaired) electrons. The van der Waals surface area contributed by atoms with E-state index in [1.54, 1.807) is 27.7 Å². The van der Waals surface area contributed by atoms with E-state index in [1.807, 2.05) is 13.8 Å². The maximum Gasteiger partial charge on any atom is 0.249 e. The first-order valence-electron chi connectivity index (χ1n) is 16.8. The number of benzene rings is 2. The zero-order chi connectivity index (χ0) is 40.6. The Morgan fingerprint density at radius 2 is 1.19 bits per heavy atom. The van der Waals surface area contributed by atoms with Crippen molar-refractivity contribution >= 4 is 23.4 Å². The SMILES string of the molecule is C.C[C@@H](CNC(=O)[C@@H]1OC(C)(C)OCC1(C)C)CC(=O)c1cc(F)c(F)cc1F.C[C@@H](CNC(=O)[C@H](O)C(C)(C)CO)CC(=O)c1cc(F)c(F)cc1F. The summed E-state index contributed by atoms with van der Waals surface area (Å²) in [6, 6.07) is 1.72. The zero-order valence-corrected chi connectivity index (χ0v) is 31.0. The van der Waals surface area contributed by atoms with Crippen molar-refractivity contribution < 1.29 is 65.2 Å². The predicted octanol–water partition coefficient (Wildman–Crippen LogP) is 6.05. The van der Waals surface area contributed by atoms with Gasteiger partial charge in [0.25, 0.3) is 0 Å². The van der Waals surface area contributed by atoms with E-state index in [1.165, 1.54) is 13.8 Å². The Kier molecular flexibility index (Phi) is 17.5. The third-order valence-electron chi connectivity index (χ3n) is 8.48. The van der Waals surface area contributed by atoms with E-state index in [0.717, 1.165) is 0 Å². The summed E-state index contributed by atoms with van der Waals surface area (Å²) in [5.41, 5.74) is -2.63. The van der Waals surface area contributed by atoms with Crippen LogP contribution < -0.4 is 10.6 Å². The fourth-order valence-electron chi connectivity index (χ4n) is 4.97. The van der Waals surface area contributed by atoms with Crippen LogP contribution in [-0.4, -0.2) is 77.9 Å². The number of Topliss-reactive ketones (excluding diaryl/α,β-unsaturated/α-hetero) is 2. The monoisotopic (exact) mass is 778 g/mol. The van der Waals surface area contributed by atoms with Gasteiger partial charge >= 0.3 is 0 Å². The summed E-state index contributed by atoms with van der Waals surface area (Å²) in [5, 5.41) is 24.1. The first-order chi connectivity index (χ1) is 24.3. The molecule has 1 aliphatic heterocycles. The number of aliphatic hydroxyl groups excluding tert-OH is 2. The van der Waals surface area contributed by atoms with Gasteiger partial charge in [-0.05, 0) is 37.8 Å². The van der Waals surface area contributed by atoms with Gasteiger partial charge in [-0.2, -0.15) is 0 Å². The lowest BCUT2D eigenvalue weighted by molar-refractivity contribution is -0.304. The number of hydrogen-bond donors (Lipinski definition) is 4. The van der Waals surface area contributed by atoms with Gasteiger partial charge in [0.05, 0.1) is 24.3 Å². The lowest BCUT2D eigenvalue weighted by Gasteiger charge is -2.44. The summed E-state index contributed by atoms with van der Waals surface area (Å²) in [5.74, 6) is -11.7. The average Bonchev–Trinajstić information content (AvgIpc) is 3.06. The Bertz CT molecular complexity index is 1650. The molecule has 2 aromatic carbocycles. The summed E-state index contributed by atoms with van der Waals surface area (Å²) in [7, 11) is 0. The molecule has 4 N–H and O–H groups in total. The van der Waals surface area contributed by atoms with E-state index in [9.17, 15) is 50.6 Å². The third kappa shape index (κ3) is 13.5. The maximum absolute atomic E-state index is 13.7. The smallest absolute Gasteiger partial charge is 0.249 e. The molecule has 10 nitrogen and oxygen atoms in total. The lowest BCUT2D eigenvalue weighted by Crippen LogP contribution is -2.56. The molecule has 16 heteroatoms. The second-order valence-corrected chi connectivity index (χ2v) is 15.2. The topological polar surface area (TPSA) is 151 Å². The van der Waals surface area contributed by atoms with E-state index < -0.39 is 105 Å². The fraction of sp³-hybridized carbons (Fsp3) is 0.579. The number of amides is 2. The molecule has 3 rings (SSSR count). The molecule has 304 valence electrons. The van der Waals surface area contributed by atoms with Crippen LogP contribution in [0.2, 0.25) is 0 Å². The number of ether oxygens (including phenoxy) is 2. The van der Waals surface area contributed by atoms with E-state index in [2.05, 4.69) is 10.6 Å². The van der Waals surface area contributed by atoms with Gasteiger partial charge in [0.2, 0.25) is 11.8 Å². The van der Waals surface area contributed by atoms with Crippen LogP contribution in [0.15, 0.2) is 24.3 Å². The summed E-state index contributed by atoms with van der Waals surface area (Å²) in [4.78, 5) is 48.6. The molecule has 0 spiro atoms. The second-order valence-electron chi connectivity index (χ2n) is 15.2. The predicted molar refractivity (Wildman–Crippen MR) is 187 cm³/mol. The highest BCUT2D eigenvalue weighted by Crippen LogP contribution is 2.35. The second kappa shape index (κ2) is 19.6. The summed E-state index contributed by atoms with van der Waals surface area (Å²) in [6.45, 7) is 13.6. The largest absolute Gasteiger partial charge is 0.396 e. The highest BCUT2D eigenvalue weighted by molar-refractivity contribution is 5.97. The van der Waals surface area contributed by atoms with E-state index in [4.69, 9.17) is 14.6 Å². The Morgan fingerprint density at radius 1 is 0.778 bits per heavy atom. The first kappa shape index (κ1) is 48.2. The molecule has 1 saturated heterocycles. The molecular formula is C38H52F6N2O8. The number of aliphatic hydroxyl groups is 2. The normalized spacial score (nSPS) is 17.8. The van der Waals surface area contributed by atoms with Crippen LogP contribution in [0.4, 0.5) is 26.3 Å². The standard InChI is InChI=1S/C20H26F3NO4.C17H22F3NO4.CH4/c1-11(6-16(25)12-7-14(22)15(23)8-13(12)21)9-24-18(26)17-19(2,3)10-27-20(4,5)28-17;1-9(7-21-16(25)15(24)17(2,3)8-22)4-14(23)10-5-12(19)13(20)6-11(10)18;/h7-8,11,17H,6,9-10H2,1-5H3,(H,24,26);5-6,9,15,22,24H,4,7-8H2,1-3H3,(H,21,25);1H4/t11-,17+;9-,15+;/m11./s1. The Balaban J connectivity index is 0.000000534. The van der Waals surface area contributed by atoms with Crippen LogP contribution in [0.25, 0.3) is 0 Å². The van der Waals surface area contributed by atoms with Crippen LogP contribution in [0.5, 0.6) is 0 Å². The molecule has 0 aliphatic carbocycles. The van der Waals surface area contributed by atoms with Crippen molar-refractivity contribution in [3.05, 3.63) is 70.3 Å². The van der Waals surface area contributed by atoms with Gasteiger partial charge in [-0.15, -0.1) is 0 Å². The van der Waals surface area contributed by atoms with E-state index in [-0.39, 0.29) is 45.2 Å². The number of carbonyl (C=O) groups excluding carboxylic acids is 4. The molecule has 0 aromatic heterocycles. The number of halogens is 6. The molecule has 2 amide bonds. The van der Waals surface area contributed by atoms with E-state index in [0.29, 0.717) is 30.9 Å². The Labute approximate surface area is 312 Å². The highest BCUT2D eigenvalue weighted by Gasteiger charge is 2.45. The van der Waals surface area contributed by atoms with Gasteiger partial charge in [-0.25, -0.2) is 26.3 Å². The summed E-state index contributed by atoms with van der Waals surface area (Å²) >= 11 is 0. The third-order valence-corrected chi connectivity index (χ3v) is 8.48. The number of rotatable bonds is 14. The van der Waals surface area contributed by atoms with Crippen molar-refractivity contribution in [1.29, 1.82) is 0 Å². The van der Waals surface area contributed by atoms with Crippen molar-refractivity contribution in [3.8, 4) is 0 Å². The van der Waals surface area contributed by atoms with Crippen molar-refractivity contribution in [2.45, 2.75) is 93.7 Å². The van der Waals surface area contributed by atoms with Gasteiger partial charge in [-0.1, -0.05) is 49.0 Å². The number of hydrogen-bond acceptors (Lipinski definition) is 8. The van der Waals surface area contributed by atoms with Gasteiger partial charge in [0.15, 0.2) is 40.6 Å². The molecular weight excluding hydrogens is 726 g/mol. The molecule has 1 heterocycles. The Hall–Kier alpha value is -3.86. The quantitative estimate of drug-likeness (QED) is 0.103. The number of nitrogens with one attached hydrogen (secondary N) is 2. The van der Waals surface area contributed by atoms with Gasteiger partial charge < -0.3 is 30.3 Å². The minimum atomic E-state index is -1.44. The minimum absolute atomic E-state index is 0. The number of carbonyl (C=O) groups is 4. The average molecular weight is 779 g/mol.